The molecular formula is C18H36N2O. The molecule has 1 aliphatic carbocycles. The maximum atomic E-state index is 6.84. The molecule has 0 radical (unpaired) electrons. The third-order valence-electron chi connectivity index (χ3n) is 6.54. The second kappa shape index (κ2) is 6.97. The van der Waals surface area contributed by atoms with Crippen LogP contribution in [-0.4, -0.2) is 42.8 Å². The van der Waals surface area contributed by atoms with Crippen LogP contribution in [0, 0.1) is 5.92 Å². The molecule has 2 rings (SSSR count). The number of hydrogen-bond donors (Lipinski definition) is 1. The molecule has 0 aromatic rings. The van der Waals surface area contributed by atoms with Gasteiger partial charge in [0.15, 0.2) is 0 Å². The number of rotatable bonds is 5. The number of nitrogens with zero attached hydrogens (tertiary/aromatic N) is 1. The summed E-state index contributed by atoms with van der Waals surface area (Å²) in [4.78, 5) is 2.38. The van der Waals surface area contributed by atoms with Crippen LogP contribution in [0.15, 0.2) is 0 Å². The summed E-state index contributed by atoms with van der Waals surface area (Å²) in [6.45, 7) is 5.49. The summed E-state index contributed by atoms with van der Waals surface area (Å²) in [5, 5.41) is 0. The van der Waals surface area contributed by atoms with Gasteiger partial charge in [0.2, 0.25) is 0 Å². The van der Waals surface area contributed by atoms with Crippen molar-refractivity contribution < 1.29 is 4.74 Å². The minimum Gasteiger partial charge on any atom is -0.375 e. The predicted octanol–water partition coefficient (Wildman–Crippen LogP) is 3.56. The van der Waals surface area contributed by atoms with Gasteiger partial charge in [-0.15, -0.1) is 0 Å². The van der Waals surface area contributed by atoms with Gasteiger partial charge in [-0.05, 0) is 58.5 Å². The molecule has 3 heteroatoms. The van der Waals surface area contributed by atoms with E-state index in [9.17, 15) is 0 Å². The zero-order valence-corrected chi connectivity index (χ0v) is 14.7. The third-order valence-corrected chi connectivity index (χ3v) is 6.54. The van der Waals surface area contributed by atoms with Gasteiger partial charge >= 0.3 is 0 Å². The Labute approximate surface area is 131 Å². The largest absolute Gasteiger partial charge is 0.375 e. The Bertz CT molecular complexity index is 314. The Morgan fingerprint density at radius 3 is 2.33 bits per heavy atom. The lowest BCUT2D eigenvalue weighted by Crippen LogP contribution is -2.61. The summed E-state index contributed by atoms with van der Waals surface area (Å²) in [7, 11) is 4.39. The Hall–Kier alpha value is -0.120. The molecule has 2 unspecified atom stereocenters. The zero-order chi connectivity index (χ0) is 15.5. The minimum atomic E-state index is 0.137. The van der Waals surface area contributed by atoms with E-state index in [-0.39, 0.29) is 17.2 Å². The van der Waals surface area contributed by atoms with Crippen molar-refractivity contribution >= 4 is 0 Å². The van der Waals surface area contributed by atoms with Crippen molar-refractivity contribution in [1.29, 1.82) is 0 Å². The number of hydrogen-bond acceptors (Lipinski definition) is 3. The molecule has 3 nitrogen and oxygen atoms in total. The average Bonchev–Trinajstić information content (AvgIpc) is 2.49. The first-order valence-corrected chi connectivity index (χ1v) is 9.06. The van der Waals surface area contributed by atoms with E-state index in [1.54, 1.807) is 0 Å². The first-order valence-electron chi connectivity index (χ1n) is 9.06. The standard InChI is InChI=1S/C18H36N2O/c1-5-18(6-2,20(3)4)16(19)15-10-13-21-17(14-15)11-8-7-9-12-17/h15-16H,5-14,19H2,1-4H3. The van der Waals surface area contributed by atoms with Crippen LogP contribution in [0.2, 0.25) is 0 Å². The van der Waals surface area contributed by atoms with Crippen molar-refractivity contribution in [3.8, 4) is 0 Å². The van der Waals surface area contributed by atoms with E-state index in [4.69, 9.17) is 10.5 Å². The highest BCUT2D eigenvalue weighted by molar-refractivity contribution is 5.02. The van der Waals surface area contributed by atoms with Crippen molar-refractivity contribution in [2.45, 2.75) is 88.8 Å². The summed E-state index contributed by atoms with van der Waals surface area (Å²) >= 11 is 0. The lowest BCUT2D eigenvalue weighted by atomic mass is 9.69. The van der Waals surface area contributed by atoms with Crippen LogP contribution in [0.1, 0.15) is 71.6 Å². The van der Waals surface area contributed by atoms with E-state index in [1.165, 1.54) is 38.5 Å². The van der Waals surface area contributed by atoms with Gasteiger partial charge in [-0.25, -0.2) is 0 Å². The van der Waals surface area contributed by atoms with Crippen molar-refractivity contribution in [3.63, 3.8) is 0 Å². The predicted molar refractivity (Wildman–Crippen MR) is 89.5 cm³/mol. The molecule has 1 spiro atoms. The molecule has 1 saturated carbocycles. The van der Waals surface area contributed by atoms with E-state index in [1.807, 2.05) is 0 Å². The van der Waals surface area contributed by atoms with Gasteiger partial charge in [0, 0.05) is 18.2 Å². The molecule has 0 aromatic carbocycles. The highest BCUT2D eigenvalue weighted by Gasteiger charge is 2.45. The molecule has 1 heterocycles. The second-order valence-electron chi connectivity index (χ2n) is 7.58. The van der Waals surface area contributed by atoms with E-state index in [0.717, 1.165) is 25.9 Å². The van der Waals surface area contributed by atoms with Gasteiger partial charge in [-0.3, -0.25) is 0 Å². The van der Waals surface area contributed by atoms with Crippen molar-refractivity contribution in [2.75, 3.05) is 20.7 Å². The fourth-order valence-corrected chi connectivity index (χ4v) is 5.01. The molecule has 0 aromatic heterocycles. The first-order chi connectivity index (χ1) is 9.99. The average molecular weight is 296 g/mol. The maximum Gasteiger partial charge on any atom is 0.0685 e. The number of nitrogens with two attached hydrogens (primary N) is 1. The summed E-state index contributed by atoms with van der Waals surface area (Å²) < 4.78 is 6.26. The highest BCUT2D eigenvalue weighted by atomic mass is 16.5. The quantitative estimate of drug-likeness (QED) is 0.843. The van der Waals surface area contributed by atoms with E-state index in [0.29, 0.717) is 5.92 Å². The maximum absolute atomic E-state index is 6.84. The Morgan fingerprint density at radius 2 is 1.81 bits per heavy atom. The van der Waals surface area contributed by atoms with Crippen molar-refractivity contribution in [3.05, 3.63) is 0 Å². The third kappa shape index (κ3) is 3.30. The summed E-state index contributed by atoms with van der Waals surface area (Å²) in [5.41, 5.74) is 7.14. The summed E-state index contributed by atoms with van der Waals surface area (Å²) in [6.07, 6.45) is 11.1. The topological polar surface area (TPSA) is 38.5 Å². The van der Waals surface area contributed by atoms with Crippen molar-refractivity contribution in [1.82, 2.24) is 4.90 Å². The minimum absolute atomic E-state index is 0.137. The fraction of sp³-hybridized carbons (Fsp3) is 1.00. The van der Waals surface area contributed by atoms with E-state index in [2.05, 4.69) is 32.8 Å². The molecule has 2 atom stereocenters. The summed E-state index contributed by atoms with van der Waals surface area (Å²) in [6, 6.07) is 0.255. The van der Waals surface area contributed by atoms with Crippen LogP contribution < -0.4 is 5.73 Å². The van der Waals surface area contributed by atoms with Crippen molar-refractivity contribution in [2.24, 2.45) is 11.7 Å². The number of ether oxygens (including phenoxy) is 1. The molecule has 0 amide bonds. The molecule has 2 aliphatic rings. The van der Waals surface area contributed by atoms with Crippen LogP contribution in [0.4, 0.5) is 0 Å². The Morgan fingerprint density at radius 1 is 1.19 bits per heavy atom. The van der Waals surface area contributed by atoms with Gasteiger partial charge in [0.05, 0.1) is 5.60 Å². The molecule has 0 bridgehead atoms. The lowest BCUT2D eigenvalue weighted by Gasteiger charge is -2.51. The molecule has 1 saturated heterocycles. The van der Waals surface area contributed by atoms with Crippen LogP contribution in [0.25, 0.3) is 0 Å². The summed E-state index contributed by atoms with van der Waals surface area (Å²) in [5.74, 6) is 0.610. The molecule has 124 valence electrons. The normalized spacial score (nSPS) is 28.0. The monoisotopic (exact) mass is 296 g/mol. The molecule has 2 N–H and O–H groups in total. The Kier molecular flexibility index (Phi) is 5.72. The molecule has 2 fully saturated rings. The van der Waals surface area contributed by atoms with Crippen LogP contribution in [0.3, 0.4) is 0 Å². The van der Waals surface area contributed by atoms with Gasteiger partial charge in [0.25, 0.3) is 0 Å². The van der Waals surface area contributed by atoms with Crippen LogP contribution in [-0.2, 0) is 4.74 Å². The SMILES string of the molecule is CCC(CC)(C(N)C1CCOC2(CCCCC2)C1)N(C)C. The fourth-order valence-electron chi connectivity index (χ4n) is 5.01. The van der Waals surface area contributed by atoms with Crippen LogP contribution in [0.5, 0.6) is 0 Å². The Balaban J connectivity index is 2.12. The van der Waals surface area contributed by atoms with E-state index >= 15 is 0 Å². The first kappa shape index (κ1) is 17.2. The molecule has 21 heavy (non-hydrogen) atoms. The molecule has 1 aliphatic heterocycles. The zero-order valence-electron chi connectivity index (χ0n) is 14.7. The second-order valence-corrected chi connectivity index (χ2v) is 7.58. The van der Waals surface area contributed by atoms with E-state index < -0.39 is 0 Å². The number of likely N-dealkylation sites (N-methyl/N-ethyl adjacent to an activating group) is 1. The van der Waals surface area contributed by atoms with Gasteiger partial charge < -0.3 is 15.4 Å². The van der Waals surface area contributed by atoms with Crippen LogP contribution >= 0.6 is 0 Å². The molecular weight excluding hydrogens is 260 g/mol. The van der Waals surface area contributed by atoms with Gasteiger partial charge in [-0.1, -0.05) is 33.1 Å². The van der Waals surface area contributed by atoms with Gasteiger partial charge in [0.1, 0.15) is 0 Å². The highest BCUT2D eigenvalue weighted by Crippen LogP contribution is 2.43. The smallest absolute Gasteiger partial charge is 0.0685 e. The van der Waals surface area contributed by atoms with Gasteiger partial charge in [-0.2, -0.15) is 0 Å². The lowest BCUT2D eigenvalue weighted by molar-refractivity contribution is -0.127.